The van der Waals surface area contributed by atoms with Crippen molar-refractivity contribution < 1.29 is 4.74 Å². The van der Waals surface area contributed by atoms with Crippen molar-refractivity contribution in [1.82, 2.24) is 5.43 Å². The van der Waals surface area contributed by atoms with Crippen LogP contribution in [0.2, 0.25) is 0 Å². The maximum absolute atomic E-state index is 5.84. The number of nitrogens with one attached hydrogen (secondary N) is 1. The van der Waals surface area contributed by atoms with Gasteiger partial charge in [-0.15, -0.1) is 6.58 Å². The maximum Gasteiger partial charge on any atom is 0.0847 e. The third-order valence-electron chi connectivity index (χ3n) is 4.25. The third kappa shape index (κ3) is 3.54. The van der Waals surface area contributed by atoms with E-state index in [-0.39, 0.29) is 11.6 Å². The Morgan fingerprint density at radius 2 is 1.88 bits per heavy atom. The van der Waals surface area contributed by atoms with Gasteiger partial charge in [-0.2, -0.15) is 0 Å². The van der Waals surface area contributed by atoms with E-state index < -0.39 is 0 Å². The van der Waals surface area contributed by atoms with Crippen LogP contribution in [-0.4, -0.2) is 18.8 Å². The van der Waals surface area contributed by atoms with E-state index in [2.05, 4.69) is 25.9 Å². The summed E-state index contributed by atoms with van der Waals surface area (Å²) >= 11 is 0. The molecule has 3 heteroatoms. The average Bonchev–Trinajstić information content (AvgIpc) is 2.27. The molecule has 0 amide bonds. The quantitative estimate of drug-likeness (QED) is 0.441. The van der Waals surface area contributed by atoms with Gasteiger partial charge in [0.1, 0.15) is 0 Å². The number of hydrazine groups is 1. The molecular formula is C14H28N2O. The molecule has 3 N–H and O–H groups in total. The van der Waals surface area contributed by atoms with Crippen LogP contribution in [0.4, 0.5) is 0 Å². The molecule has 1 rings (SSSR count). The molecule has 1 aliphatic carbocycles. The standard InChI is InChI=1S/C14H28N2O/c1-11(2)10-12(16-15)14(17-5)8-6-13(3,4)7-9-14/h12,16H,1,6-10,15H2,2-5H3. The van der Waals surface area contributed by atoms with E-state index in [0.717, 1.165) is 24.8 Å². The molecule has 1 fully saturated rings. The first-order valence-corrected chi connectivity index (χ1v) is 6.51. The summed E-state index contributed by atoms with van der Waals surface area (Å²) in [6.07, 6.45) is 5.40. The zero-order valence-corrected chi connectivity index (χ0v) is 11.8. The molecule has 1 unspecified atom stereocenters. The number of methoxy groups -OCH3 is 1. The second-order valence-corrected chi connectivity index (χ2v) is 6.31. The lowest BCUT2D eigenvalue weighted by atomic mass is 9.68. The van der Waals surface area contributed by atoms with Crippen LogP contribution in [0.3, 0.4) is 0 Å². The zero-order chi connectivity index (χ0) is 13.1. The van der Waals surface area contributed by atoms with Gasteiger partial charge in [0.05, 0.1) is 11.6 Å². The van der Waals surface area contributed by atoms with Crippen LogP contribution in [0.1, 0.15) is 52.9 Å². The summed E-state index contributed by atoms with van der Waals surface area (Å²) in [5.41, 5.74) is 4.40. The Bertz CT molecular complexity index is 263. The number of rotatable bonds is 5. The van der Waals surface area contributed by atoms with Gasteiger partial charge < -0.3 is 4.74 Å². The Balaban J connectivity index is 2.77. The van der Waals surface area contributed by atoms with Crippen molar-refractivity contribution in [3.05, 3.63) is 12.2 Å². The summed E-state index contributed by atoms with van der Waals surface area (Å²) in [6, 6.07) is 0.168. The number of hydrogen-bond acceptors (Lipinski definition) is 3. The highest BCUT2D eigenvalue weighted by Gasteiger charge is 2.43. The number of nitrogens with two attached hydrogens (primary N) is 1. The van der Waals surface area contributed by atoms with E-state index >= 15 is 0 Å². The van der Waals surface area contributed by atoms with E-state index in [1.807, 2.05) is 6.92 Å². The third-order valence-corrected chi connectivity index (χ3v) is 4.25. The normalized spacial score (nSPS) is 24.3. The van der Waals surface area contributed by atoms with Crippen molar-refractivity contribution in [3.8, 4) is 0 Å². The van der Waals surface area contributed by atoms with Crippen LogP contribution in [0.5, 0.6) is 0 Å². The Hall–Kier alpha value is -0.380. The van der Waals surface area contributed by atoms with Crippen LogP contribution >= 0.6 is 0 Å². The lowest BCUT2D eigenvalue weighted by Gasteiger charge is -2.47. The Kier molecular flexibility index (Phi) is 4.76. The highest BCUT2D eigenvalue weighted by atomic mass is 16.5. The first-order chi connectivity index (χ1) is 7.85. The minimum atomic E-state index is -0.122. The lowest BCUT2D eigenvalue weighted by Crippen LogP contribution is -2.56. The molecule has 0 aliphatic heterocycles. The molecule has 0 radical (unpaired) electrons. The van der Waals surface area contributed by atoms with Gasteiger partial charge in [0.15, 0.2) is 0 Å². The first-order valence-electron chi connectivity index (χ1n) is 6.51. The summed E-state index contributed by atoms with van der Waals surface area (Å²) in [4.78, 5) is 0. The van der Waals surface area contributed by atoms with Crippen LogP contribution in [0.15, 0.2) is 12.2 Å². The molecule has 0 aromatic heterocycles. The predicted octanol–water partition coefficient (Wildman–Crippen LogP) is 2.77. The maximum atomic E-state index is 5.84. The van der Waals surface area contributed by atoms with Crippen molar-refractivity contribution in [1.29, 1.82) is 0 Å². The summed E-state index contributed by atoms with van der Waals surface area (Å²) < 4.78 is 5.84. The van der Waals surface area contributed by atoms with Crippen molar-refractivity contribution in [3.63, 3.8) is 0 Å². The van der Waals surface area contributed by atoms with E-state index in [9.17, 15) is 0 Å². The van der Waals surface area contributed by atoms with Gasteiger partial charge in [0.25, 0.3) is 0 Å². The molecule has 0 bridgehead atoms. The summed E-state index contributed by atoms with van der Waals surface area (Å²) in [6.45, 7) is 10.7. The highest BCUT2D eigenvalue weighted by molar-refractivity contribution is 5.04. The van der Waals surface area contributed by atoms with Gasteiger partial charge in [-0.3, -0.25) is 11.3 Å². The first kappa shape index (κ1) is 14.7. The van der Waals surface area contributed by atoms with E-state index in [0.29, 0.717) is 5.41 Å². The second kappa shape index (κ2) is 5.51. The van der Waals surface area contributed by atoms with Gasteiger partial charge in [-0.05, 0) is 44.4 Å². The fraction of sp³-hybridized carbons (Fsp3) is 0.857. The molecule has 0 aromatic carbocycles. The summed E-state index contributed by atoms with van der Waals surface area (Å²) in [7, 11) is 1.81. The van der Waals surface area contributed by atoms with Crippen molar-refractivity contribution in [2.75, 3.05) is 7.11 Å². The van der Waals surface area contributed by atoms with Gasteiger partial charge in [0.2, 0.25) is 0 Å². The van der Waals surface area contributed by atoms with Gasteiger partial charge in [0, 0.05) is 7.11 Å². The predicted molar refractivity (Wildman–Crippen MR) is 72.5 cm³/mol. The van der Waals surface area contributed by atoms with Crippen LogP contribution in [-0.2, 0) is 4.74 Å². The van der Waals surface area contributed by atoms with Crippen LogP contribution in [0, 0.1) is 5.41 Å². The molecule has 0 heterocycles. The Morgan fingerprint density at radius 3 is 2.24 bits per heavy atom. The molecule has 1 saturated carbocycles. The molecule has 1 atom stereocenters. The van der Waals surface area contributed by atoms with E-state index in [1.165, 1.54) is 12.8 Å². The van der Waals surface area contributed by atoms with E-state index in [1.54, 1.807) is 7.11 Å². The number of hydrogen-bond donors (Lipinski definition) is 2. The van der Waals surface area contributed by atoms with Crippen molar-refractivity contribution in [2.24, 2.45) is 11.3 Å². The Morgan fingerprint density at radius 1 is 1.35 bits per heavy atom. The molecule has 0 aromatic rings. The fourth-order valence-electron chi connectivity index (χ4n) is 2.79. The molecular weight excluding hydrogens is 212 g/mol. The summed E-state index contributed by atoms with van der Waals surface area (Å²) in [5, 5.41) is 0. The minimum absolute atomic E-state index is 0.122. The molecule has 100 valence electrons. The smallest absolute Gasteiger partial charge is 0.0847 e. The zero-order valence-electron chi connectivity index (χ0n) is 11.8. The monoisotopic (exact) mass is 240 g/mol. The summed E-state index contributed by atoms with van der Waals surface area (Å²) in [5.74, 6) is 5.71. The van der Waals surface area contributed by atoms with Crippen LogP contribution < -0.4 is 11.3 Å². The topological polar surface area (TPSA) is 47.3 Å². The fourth-order valence-corrected chi connectivity index (χ4v) is 2.79. The minimum Gasteiger partial charge on any atom is -0.377 e. The lowest BCUT2D eigenvalue weighted by molar-refractivity contribution is -0.0861. The molecule has 17 heavy (non-hydrogen) atoms. The highest BCUT2D eigenvalue weighted by Crippen LogP contribution is 2.44. The SMILES string of the molecule is C=C(C)CC(NN)C1(OC)CCC(C)(C)CC1. The van der Waals surface area contributed by atoms with Gasteiger partial charge in [-0.25, -0.2) is 0 Å². The molecule has 0 saturated heterocycles. The largest absolute Gasteiger partial charge is 0.377 e. The van der Waals surface area contributed by atoms with Gasteiger partial charge in [-0.1, -0.05) is 19.4 Å². The van der Waals surface area contributed by atoms with Crippen molar-refractivity contribution >= 4 is 0 Å². The Labute approximate surface area is 106 Å². The second-order valence-electron chi connectivity index (χ2n) is 6.31. The number of ether oxygens (including phenoxy) is 1. The van der Waals surface area contributed by atoms with Crippen LogP contribution in [0.25, 0.3) is 0 Å². The molecule has 0 spiro atoms. The van der Waals surface area contributed by atoms with Crippen molar-refractivity contribution in [2.45, 2.75) is 64.5 Å². The van der Waals surface area contributed by atoms with E-state index in [4.69, 9.17) is 10.6 Å². The molecule has 1 aliphatic rings. The molecule has 3 nitrogen and oxygen atoms in total. The van der Waals surface area contributed by atoms with Gasteiger partial charge >= 0.3 is 0 Å². The average molecular weight is 240 g/mol.